The molecular weight excluding hydrogens is 376 g/mol. The molecule has 2 aromatic carbocycles. The molecule has 0 aromatic heterocycles. The molecule has 0 radical (unpaired) electrons. The fraction of sp³-hybridized carbons (Fsp3) is 0.381. The Bertz CT molecular complexity index is 960. The van der Waals surface area contributed by atoms with Crippen LogP contribution >= 0.6 is 0 Å². The standard InChI is InChI=1S/C21H26N2O4S/c1-14-5-8-18(9-6-14)22-28(25,26)19-10-7-15(2)20(11-19)21(24)23-12-16(3)27-17(4)13-23/h5-11,16-17,22H,12-13H2,1-4H3. The number of nitrogens with one attached hydrogen (secondary N) is 1. The molecule has 2 atom stereocenters. The third kappa shape index (κ3) is 4.54. The van der Waals surface area contributed by atoms with Crippen molar-refractivity contribution in [1.29, 1.82) is 0 Å². The van der Waals surface area contributed by atoms with Crippen LogP contribution in [0.1, 0.15) is 35.3 Å². The molecule has 1 aliphatic rings. The zero-order valence-corrected chi connectivity index (χ0v) is 17.4. The summed E-state index contributed by atoms with van der Waals surface area (Å²) in [6, 6.07) is 11.7. The van der Waals surface area contributed by atoms with E-state index >= 15 is 0 Å². The Hall–Kier alpha value is -2.38. The number of aryl methyl sites for hydroxylation is 2. The second kappa shape index (κ2) is 7.93. The van der Waals surface area contributed by atoms with Crippen LogP contribution in [0, 0.1) is 13.8 Å². The van der Waals surface area contributed by atoms with Crippen molar-refractivity contribution in [3.8, 4) is 0 Å². The minimum absolute atomic E-state index is 0.0527. The smallest absolute Gasteiger partial charge is 0.261 e. The molecule has 1 N–H and O–H groups in total. The zero-order chi connectivity index (χ0) is 20.5. The first kappa shape index (κ1) is 20.4. The maximum atomic E-state index is 13.0. The van der Waals surface area contributed by atoms with Crippen LogP contribution in [-0.4, -0.2) is 44.5 Å². The van der Waals surface area contributed by atoms with Crippen LogP contribution < -0.4 is 4.72 Å². The van der Waals surface area contributed by atoms with Gasteiger partial charge in [-0.1, -0.05) is 23.8 Å². The van der Waals surface area contributed by atoms with E-state index in [0.29, 0.717) is 24.3 Å². The molecule has 1 aliphatic heterocycles. The number of rotatable bonds is 4. The van der Waals surface area contributed by atoms with Gasteiger partial charge in [0.1, 0.15) is 0 Å². The zero-order valence-electron chi connectivity index (χ0n) is 16.6. The van der Waals surface area contributed by atoms with Crippen LogP contribution in [0.5, 0.6) is 0 Å². The predicted octanol–water partition coefficient (Wildman–Crippen LogP) is 3.35. The number of hydrogen-bond acceptors (Lipinski definition) is 4. The average Bonchev–Trinajstić information content (AvgIpc) is 2.62. The van der Waals surface area contributed by atoms with Crippen molar-refractivity contribution in [2.24, 2.45) is 0 Å². The van der Waals surface area contributed by atoms with E-state index in [4.69, 9.17) is 4.74 Å². The normalized spacial score (nSPS) is 20.1. The Morgan fingerprint density at radius 3 is 2.25 bits per heavy atom. The highest BCUT2D eigenvalue weighted by molar-refractivity contribution is 7.92. The molecule has 0 saturated carbocycles. The first-order valence-electron chi connectivity index (χ1n) is 9.30. The summed E-state index contributed by atoms with van der Waals surface area (Å²) in [5.41, 5.74) is 2.66. The van der Waals surface area contributed by atoms with E-state index in [1.54, 1.807) is 23.1 Å². The number of ether oxygens (including phenoxy) is 1. The average molecular weight is 403 g/mol. The number of benzene rings is 2. The number of carbonyl (C=O) groups excluding carboxylic acids is 1. The summed E-state index contributed by atoms with van der Waals surface area (Å²) in [5.74, 6) is -0.174. The summed E-state index contributed by atoms with van der Waals surface area (Å²) in [6.45, 7) is 8.57. The number of anilines is 1. The van der Waals surface area contributed by atoms with Gasteiger partial charge in [0, 0.05) is 24.3 Å². The van der Waals surface area contributed by atoms with Gasteiger partial charge in [0.2, 0.25) is 0 Å². The van der Waals surface area contributed by atoms with E-state index < -0.39 is 10.0 Å². The van der Waals surface area contributed by atoms with E-state index in [1.807, 2.05) is 39.8 Å². The molecule has 0 bridgehead atoms. The van der Waals surface area contributed by atoms with Gasteiger partial charge in [-0.2, -0.15) is 0 Å². The van der Waals surface area contributed by atoms with Crippen molar-refractivity contribution in [1.82, 2.24) is 4.90 Å². The number of morpholine rings is 1. The van der Waals surface area contributed by atoms with Gasteiger partial charge >= 0.3 is 0 Å². The molecule has 1 saturated heterocycles. The molecule has 0 spiro atoms. The van der Waals surface area contributed by atoms with E-state index in [1.165, 1.54) is 12.1 Å². The van der Waals surface area contributed by atoms with Crippen molar-refractivity contribution in [2.45, 2.75) is 44.8 Å². The lowest BCUT2D eigenvalue weighted by Gasteiger charge is -2.35. The van der Waals surface area contributed by atoms with Gasteiger partial charge in [-0.3, -0.25) is 9.52 Å². The van der Waals surface area contributed by atoms with Crippen LogP contribution in [-0.2, 0) is 14.8 Å². The van der Waals surface area contributed by atoms with Gasteiger partial charge in [-0.25, -0.2) is 8.42 Å². The molecule has 28 heavy (non-hydrogen) atoms. The maximum Gasteiger partial charge on any atom is 0.261 e. The molecule has 1 heterocycles. The highest BCUT2D eigenvalue weighted by Crippen LogP contribution is 2.22. The molecule has 150 valence electrons. The summed E-state index contributed by atoms with van der Waals surface area (Å²) in [6.07, 6.45) is -0.105. The fourth-order valence-corrected chi connectivity index (χ4v) is 4.43. The minimum atomic E-state index is -3.80. The first-order valence-corrected chi connectivity index (χ1v) is 10.8. The van der Waals surface area contributed by atoms with Crippen molar-refractivity contribution >= 4 is 21.6 Å². The highest BCUT2D eigenvalue weighted by Gasteiger charge is 2.28. The maximum absolute atomic E-state index is 13.0. The summed E-state index contributed by atoms with van der Waals surface area (Å²) in [4.78, 5) is 14.8. The molecule has 2 unspecified atom stereocenters. The molecular formula is C21H26N2O4S. The summed E-state index contributed by atoms with van der Waals surface area (Å²) < 4.78 is 33.8. The third-order valence-electron chi connectivity index (χ3n) is 4.76. The lowest BCUT2D eigenvalue weighted by Crippen LogP contribution is -2.48. The Labute approximate surface area is 166 Å². The summed E-state index contributed by atoms with van der Waals surface area (Å²) in [7, 11) is -3.80. The number of amides is 1. The molecule has 7 heteroatoms. The first-order chi connectivity index (χ1) is 13.2. The molecule has 1 amide bonds. The minimum Gasteiger partial charge on any atom is -0.372 e. The van der Waals surface area contributed by atoms with Crippen LogP contribution in [0.3, 0.4) is 0 Å². The Morgan fingerprint density at radius 1 is 1.04 bits per heavy atom. The second-order valence-electron chi connectivity index (χ2n) is 7.42. The summed E-state index contributed by atoms with van der Waals surface area (Å²) >= 11 is 0. The van der Waals surface area contributed by atoms with E-state index in [-0.39, 0.29) is 23.0 Å². The molecule has 3 rings (SSSR count). The van der Waals surface area contributed by atoms with Gasteiger partial charge in [0.15, 0.2) is 0 Å². The largest absolute Gasteiger partial charge is 0.372 e. The van der Waals surface area contributed by atoms with Crippen LogP contribution in [0.2, 0.25) is 0 Å². The highest BCUT2D eigenvalue weighted by atomic mass is 32.2. The van der Waals surface area contributed by atoms with Gasteiger partial charge in [-0.15, -0.1) is 0 Å². The lowest BCUT2D eigenvalue weighted by atomic mass is 10.1. The quantitative estimate of drug-likeness (QED) is 0.851. The predicted molar refractivity (Wildman–Crippen MR) is 109 cm³/mol. The number of carbonyl (C=O) groups is 1. The Kier molecular flexibility index (Phi) is 5.76. The molecule has 2 aromatic rings. The topological polar surface area (TPSA) is 75.7 Å². The second-order valence-corrected chi connectivity index (χ2v) is 9.10. The van der Waals surface area contributed by atoms with Gasteiger partial charge in [0.25, 0.3) is 15.9 Å². The van der Waals surface area contributed by atoms with E-state index in [0.717, 1.165) is 11.1 Å². The molecule has 1 fully saturated rings. The lowest BCUT2D eigenvalue weighted by molar-refractivity contribution is -0.0586. The number of hydrogen-bond donors (Lipinski definition) is 1. The number of nitrogens with zero attached hydrogens (tertiary/aromatic N) is 1. The number of sulfonamides is 1. The van der Waals surface area contributed by atoms with Crippen LogP contribution in [0.25, 0.3) is 0 Å². The van der Waals surface area contributed by atoms with E-state index in [2.05, 4.69) is 4.72 Å². The molecule has 6 nitrogen and oxygen atoms in total. The SMILES string of the molecule is Cc1ccc(NS(=O)(=O)c2ccc(C)c(C(=O)N3CC(C)OC(C)C3)c2)cc1. The van der Waals surface area contributed by atoms with Crippen LogP contribution in [0.4, 0.5) is 5.69 Å². The van der Waals surface area contributed by atoms with Crippen molar-refractivity contribution in [3.63, 3.8) is 0 Å². The van der Waals surface area contributed by atoms with Gasteiger partial charge in [-0.05, 0) is 57.5 Å². The van der Waals surface area contributed by atoms with Gasteiger partial charge in [0.05, 0.1) is 17.1 Å². The van der Waals surface area contributed by atoms with Crippen molar-refractivity contribution in [2.75, 3.05) is 17.8 Å². The van der Waals surface area contributed by atoms with Crippen molar-refractivity contribution in [3.05, 3.63) is 59.2 Å². The Morgan fingerprint density at radius 2 is 1.64 bits per heavy atom. The van der Waals surface area contributed by atoms with Crippen molar-refractivity contribution < 1.29 is 17.9 Å². The van der Waals surface area contributed by atoms with Gasteiger partial charge < -0.3 is 9.64 Å². The summed E-state index contributed by atoms with van der Waals surface area (Å²) in [5, 5.41) is 0. The monoisotopic (exact) mass is 402 g/mol. The van der Waals surface area contributed by atoms with Crippen LogP contribution in [0.15, 0.2) is 47.4 Å². The van der Waals surface area contributed by atoms with E-state index in [9.17, 15) is 13.2 Å². The Balaban J connectivity index is 1.88. The fourth-order valence-electron chi connectivity index (χ4n) is 3.35. The third-order valence-corrected chi connectivity index (χ3v) is 6.14. The molecule has 0 aliphatic carbocycles.